The van der Waals surface area contributed by atoms with E-state index in [4.69, 9.17) is 16.3 Å². The van der Waals surface area contributed by atoms with Crippen LogP contribution in [0, 0.1) is 5.82 Å². The zero-order valence-electron chi connectivity index (χ0n) is 12.4. The van der Waals surface area contributed by atoms with Crippen LogP contribution in [-0.2, 0) is 6.73 Å². The number of para-hydroxylation sites is 1. The van der Waals surface area contributed by atoms with E-state index in [1.165, 1.54) is 22.9 Å². The zero-order valence-corrected chi connectivity index (χ0v) is 13.2. The third-order valence-electron chi connectivity index (χ3n) is 3.16. The lowest BCUT2D eigenvalue weighted by Gasteiger charge is -2.07. The molecule has 1 N–H and O–H groups in total. The van der Waals surface area contributed by atoms with Gasteiger partial charge in [0.05, 0.1) is 5.02 Å². The molecular weight excluding hydrogens is 333 g/mol. The van der Waals surface area contributed by atoms with Crippen molar-refractivity contribution in [1.29, 1.82) is 0 Å². The molecule has 0 saturated carbocycles. The van der Waals surface area contributed by atoms with Crippen molar-refractivity contribution in [2.45, 2.75) is 6.73 Å². The maximum atomic E-state index is 13.1. The number of nitrogens with zero attached hydrogens (tertiary/aromatic N) is 2. The topological polar surface area (TPSA) is 56.2 Å². The summed E-state index contributed by atoms with van der Waals surface area (Å²) >= 11 is 5.69. The van der Waals surface area contributed by atoms with Gasteiger partial charge >= 0.3 is 0 Å². The molecule has 0 saturated heterocycles. The van der Waals surface area contributed by atoms with E-state index >= 15 is 0 Å². The van der Waals surface area contributed by atoms with Crippen LogP contribution >= 0.6 is 11.6 Å². The summed E-state index contributed by atoms with van der Waals surface area (Å²) in [6.07, 6.45) is 1.62. The van der Waals surface area contributed by atoms with E-state index in [2.05, 4.69) is 10.4 Å². The highest BCUT2D eigenvalue weighted by Gasteiger charge is 2.10. The molecular formula is C17H13ClFN3O2. The van der Waals surface area contributed by atoms with Crippen LogP contribution in [-0.4, -0.2) is 15.7 Å². The molecule has 24 heavy (non-hydrogen) atoms. The van der Waals surface area contributed by atoms with Gasteiger partial charge in [-0.1, -0.05) is 29.8 Å². The Morgan fingerprint density at radius 3 is 2.75 bits per heavy atom. The monoisotopic (exact) mass is 345 g/mol. The summed E-state index contributed by atoms with van der Waals surface area (Å²) in [5, 5.41) is 6.86. The second-order valence-electron chi connectivity index (χ2n) is 4.91. The summed E-state index contributed by atoms with van der Waals surface area (Å²) < 4.78 is 20.0. The number of carbonyl (C=O) groups excluding carboxylic acids is 1. The maximum absolute atomic E-state index is 13.1. The van der Waals surface area contributed by atoms with E-state index in [0.717, 1.165) is 0 Å². The predicted octanol–water partition coefficient (Wildman–Crippen LogP) is 3.96. The van der Waals surface area contributed by atoms with Crippen molar-refractivity contribution in [2.75, 3.05) is 5.32 Å². The molecule has 0 aliphatic carbocycles. The van der Waals surface area contributed by atoms with Crippen molar-refractivity contribution >= 4 is 23.2 Å². The van der Waals surface area contributed by atoms with Crippen molar-refractivity contribution in [3.63, 3.8) is 0 Å². The molecule has 122 valence electrons. The van der Waals surface area contributed by atoms with Crippen LogP contribution in [0.4, 0.5) is 10.1 Å². The first-order chi connectivity index (χ1) is 11.6. The van der Waals surface area contributed by atoms with Gasteiger partial charge in [0, 0.05) is 18.0 Å². The molecule has 1 aromatic heterocycles. The summed E-state index contributed by atoms with van der Waals surface area (Å²) in [6, 6.07) is 14.7. The van der Waals surface area contributed by atoms with Crippen molar-refractivity contribution in [3.8, 4) is 5.75 Å². The molecule has 3 aromatic rings. The highest BCUT2D eigenvalue weighted by atomic mass is 35.5. The van der Waals surface area contributed by atoms with Gasteiger partial charge in [-0.05, 0) is 30.3 Å². The second-order valence-corrected chi connectivity index (χ2v) is 5.32. The number of ether oxygens (including phenoxy) is 1. The van der Waals surface area contributed by atoms with Crippen LogP contribution in [0.3, 0.4) is 0 Å². The van der Waals surface area contributed by atoms with Crippen LogP contribution in [0.5, 0.6) is 5.75 Å². The highest BCUT2D eigenvalue weighted by Crippen LogP contribution is 2.21. The predicted molar refractivity (Wildman–Crippen MR) is 88.7 cm³/mol. The van der Waals surface area contributed by atoms with Gasteiger partial charge in [-0.3, -0.25) is 4.79 Å². The molecule has 0 spiro atoms. The first-order valence-corrected chi connectivity index (χ1v) is 7.47. The average molecular weight is 346 g/mol. The minimum Gasteiger partial charge on any atom is -0.471 e. The fourth-order valence-electron chi connectivity index (χ4n) is 1.98. The standard InChI is InChI=1S/C17H13ClFN3O2/c18-14-10-13(6-7-15(14)19)24-11-22-9-8-16(21-22)17(23)20-12-4-2-1-3-5-12/h1-10H,11H2,(H,20,23). The van der Waals surface area contributed by atoms with Gasteiger partial charge in [0.15, 0.2) is 12.4 Å². The van der Waals surface area contributed by atoms with Gasteiger partial charge in [0.1, 0.15) is 11.6 Å². The Bertz CT molecular complexity index is 852. The smallest absolute Gasteiger partial charge is 0.276 e. The fourth-order valence-corrected chi connectivity index (χ4v) is 2.15. The molecule has 0 atom stereocenters. The van der Waals surface area contributed by atoms with E-state index in [1.54, 1.807) is 24.4 Å². The number of nitrogens with one attached hydrogen (secondary N) is 1. The number of hydrogen-bond acceptors (Lipinski definition) is 3. The van der Waals surface area contributed by atoms with Crippen molar-refractivity contribution < 1.29 is 13.9 Å². The third-order valence-corrected chi connectivity index (χ3v) is 3.45. The highest BCUT2D eigenvalue weighted by molar-refractivity contribution is 6.30. The first kappa shape index (κ1) is 16.0. The molecule has 0 radical (unpaired) electrons. The Balaban J connectivity index is 1.60. The maximum Gasteiger partial charge on any atom is 0.276 e. The van der Waals surface area contributed by atoms with Crippen LogP contribution in [0.25, 0.3) is 0 Å². The van der Waals surface area contributed by atoms with Crippen molar-refractivity contribution in [1.82, 2.24) is 9.78 Å². The van der Waals surface area contributed by atoms with Crippen LogP contribution < -0.4 is 10.1 Å². The largest absolute Gasteiger partial charge is 0.471 e. The molecule has 2 aromatic carbocycles. The number of benzene rings is 2. The number of anilines is 1. The molecule has 0 aliphatic rings. The van der Waals surface area contributed by atoms with Gasteiger partial charge in [-0.15, -0.1) is 0 Å². The molecule has 0 bridgehead atoms. The summed E-state index contributed by atoms with van der Waals surface area (Å²) in [7, 11) is 0. The lowest BCUT2D eigenvalue weighted by atomic mass is 10.3. The number of rotatable bonds is 5. The van der Waals surface area contributed by atoms with E-state index in [9.17, 15) is 9.18 Å². The Morgan fingerprint density at radius 2 is 2.00 bits per heavy atom. The Hall–Kier alpha value is -2.86. The Kier molecular flexibility index (Phi) is 4.77. The lowest BCUT2D eigenvalue weighted by Crippen LogP contribution is -2.14. The number of hydrogen-bond donors (Lipinski definition) is 1. The number of halogens is 2. The van der Waals surface area contributed by atoms with Gasteiger partial charge in [0.25, 0.3) is 5.91 Å². The van der Waals surface area contributed by atoms with Gasteiger partial charge < -0.3 is 10.1 Å². The molecule has 0 unspecified atom stereocenters. The van der Waals surface area contributed by atoms with Crippen molar-refractivity contribution in [2.24, 2.45) is 0 Å². The molecule has 1 heterocycles. The molecule has 1 amide bonds. The SMILES string of the molecule is O=C(Nc1ccccc1)c1ccn(COc2ccc(F)c(Cl)c2)n1. The Labute approximate surface area is 142 Å². The van der Waals surface area contributed by atoms with Crippen molar-refractivity contribution in [3.05, 3.63) is 77.3 Å². The lowest BCUT2D eigenvalue weighted by molar-refractivity contribution is 0.102. The number of amides is 1. The minimum atomic E-state index is -0.511. The summed E-state index contributed by atoms with van der Waals surface area (Å²) in [6.45, 7) is 0.0700. The number of carbonyl (C=O) groups is 1. The van der Waals surface area contributed by atoms with E-state index in [-0.39, 0.29) is 23.4 Å². The van der Waals surface area contributed by atoms with Gasteiger partial charge in [-0.2, -0.15) is 5.10 Å². The quantitative estimate of drug-likeness (QED) is 0.761. The molecule has 0 aliphatic heterocycles. The van der Waals surface area contributed by atoms with Gasteiger partial charge in [0.2, 0.25) is 0 Å². The van der Waals surface area contributed by atoms with Gasteiger partial charge in [-0.25, -0.2) is 9.07 Å². The molecule has 0 fully saturated rings. The molecule has 5 nitrogen and oxygen atoms in total. The summed E-state index contributed by atoms with van der Waals surface area (Å²) in [5.74, 6) is -0.417. The van der Waals surface area contributed by atoms with E-state index in [0.29, 0.717) is 11.4 Å². The first-order valence-electron chi connectivity index (χ1n) is 7.09. The second kappa shape index (κ2) is 7.14. The minimum absolute atomic E-state index is 0.0177. The normalized spacial score (nSPS) is 10.4. The Morgan fingerprint density at radius 1 is 1.21 bits per heavy atom. The average Bonchev–Trinajstić information content (AvgIpc) is 3.06. The molecule has 3 rings (SSSR count). The van der Waals surface area contributed by atoms with E-state index < -0.39 is 5.82 Å². The number of aromatic nitrogens is 2. The van der Waals surface area contributed by atoms with Crippen LogP contribution in [0.1, 0.15) is 10.5 Å². The summed E-state index contributed by atoms with van der Waals surface area (Å²) in [4.78, 5) is 12.1. The third kappa shape index (κ3) is 3.91. The van der Waals surface area contributed by atoms with Crippen LogP contribution in [0.2, 0.25) is 5.02 Å². The fraction of sp³-hybridized carbons (Fsp3) is 0.0588. The molecule has 7 heteroatoms. The summed E-state index contributed by atoms with van der Waals surface area (Å²) in [5.41, 5.74) is 0.953. The van der Waals surface area contributed by atoms with E-state index in [1.807, 2.05) is 18.2 Å². The van der Waals surface area contributed by atoms with Crippen LogP contribution in [0.15, 0.2) is 60.8 Å². The zero-order chi connectivity index (χ0) is 16.9.